The summed E-state index contributed by atoms with van der Waals surface area (Å²) in [5.74, 6) is -0.610. The molecule has 2 aliphatic heterocycles. The van der Waals surface area contributed by atoms with Gasteiger partial charge in [0.05, 0.1) is 20.3 Å². The topological polar surface area (TPSA) is 238 Å². The minimum Gasteiger partial charge on any atom is -0.507 e. The first kappa shape index (κ1) is 30.0. The first-order valence-electron chi connectivity index (χ1n) is 12.8. The van der Waals surface area contributed by atoms with Gasteiger partial charge in [0, 0.05) is 23.8 Å². The molecule has 0 bridgehead atoms. The maximum Gasteiger partial charge on any atom is 0.229 e. The van der Waals surface area contributed by atoms with E-state index in [0.29, 0.717) is 5.56 Å². The number of fused-ring (bicyclic) bond motifs is 1. The van der Waals surface area contributed by atoms with Crippen molar-refractivity contribution in [2.24, 2.45) is 0 Å². The highest BCUT2D eigenvalue weighted by molar-refractivity contribution is 5.86. The third-order valence-electron chi connectivity index (χ3n) is 7.07. The van der Waals surface area contributed by atoms with Crippen LogP contribution >= 0.6 is 0 Å². The standard InChI is InChI=1S/C27H30O15/c1-37-17-4-10(2-3-12(17)29)16-7-14(31)20-13(30)5-11(6-18(20)40-16)39-27-25(23(35)22(34)19(8-28)41-27)42-26-24(36)21(33)15(32)9-38-26/h2-7,15,19,21-30,32-36H,8-9H2,1H3/t15-,19?,21-,22-,23-,24?,25?,26-,27+/m0/s1. The molecule has 15 heteroatoms. The Morgan fingerprint density at radius 3 is 2.38 bits per heavy atom. The van der Waals surface area contributed by atoms with E-state index in [0.717, 1.165) is 12.1 Å². The van der Waals surface area contributed by atoms with Gasteiger partial charge in [0.25, 0.3) is 0 Å². The van der Waals surface area contributed by atoms with E-state index in [9.17, 15) is 45.6 Å². The van der Waals surface area contributed by atoms with Gasteiger partial charge in [0.15, 0.2) is 29.3 Å². The molecule has 3 aromatic rings. The Balaban J connectivity index is 1.48. The van der Waals surface area contributed by atoms with Gasteiger partial charge in [0.2, 0.25) is 6.29 Å². The van der Waals surface area contributed by atoms with Gasteiger partial charge in [0.1, 0.15) is 64.9 Å². The molecule has 0 aliphatic carbocycles. The van der Waals surface area contributed by atoms with Crippen LogP contribution in [0.25, 0.3) is 22.3 Å². The molecule has 0 spiro atoms. The molecule has 2 aromatic carbocycles. The highest BCUT2D eigenvalue weighted by Gasteiger charge is 2.50. The van der Waals surface area contributed by atoms with E-state index in [1.165, 1.54) is 31.4 Å². The lowest BCUT2D eigenvalue weighted by Crippen LogP contribution is -2.63. The maximum absolute atomic E-state index is 12.9. The lowest BCUT2D eigenvalue weighted by atomic mass is 9.98. The summed E-state index contributed by atoms with van der Waals surface area (Å²) in [6.45, 7) is -1.14. The molecule has 3 heterocycles. The molecule has 228 valence electrons. The van der Waals surface area contributed by atoms with Crippen LogP contribution in [-0.2, 0) is 14.2 Å². The van der Waals surface area contributed by atoms with Crippen LogP contribution < -0.4 is 14.9 Å². The summed E-state index contributed by atoms with van der Waals surface area (Å²) in [6, 6.07) is 7.74. The van der Waals surface area contributed by atoms with Gasteiger partial charge >= 0.3 is 0 Å². The number of ether oxygens (including phenoxy) is 5. The second-order valence-corrected chi connectivity index (χ2v) is 9.85. The third-order valence-corrected chi connectivity index (χ3v) is 7.07. The highest BCUT2D eigenvalue weighted by atomic mass is 16.8. The first-order valence-corrected chi connectivity index (χ1v) is 12.8. The molecule has 9 atom stereocenters. The third kappa shape index (κ3) is 5.61. The van der Waals surface area contributed by atoms with Crippen molar-refractivity contribution >= 4 is 11.0 Å². The molecular formula is C27H30O15. The van der Waals surface area contributed by atoms with Crippen molar-refractivity contribution in [2.45, 2.75) is 55.3 Å². The van der Waals surface area contributed by atoms with Gasteiger partial charge in [-0.05, 0) is 18.2 Å². The first-order chi connectivity index (χ1) is 20.0. The fraction of sp³-hybridized carbons (Fsp3) is 0.444. The molecule has 42 heavy (non-hydrogen) atoms. The van der Waals surface area contributed by atoms with Crippen molar-refractivity contribution in [1.82, 2.24) is 0 Å². The molecule has 2 saturated heterocycles. The number of benzene rings is 2. The largest absolute Gasteiger partial charge is 0.507 e. The van der Waals surface area contributed by atoms with E-state index in [-0.39, 0.29) is 34.0 Å². The zero-order valence-electron chi connectivity index (χ0n) is 22.0. The number of hydrogen-bond donors (Lipinski definition) is 8. The maximum atomic E-state index is 12.9. The smallest absolute Gasteiger partial charge is 0.229 e. The Labute approximate surface area is 236 Å². The molecule has 0 radical (unpaired) electrons. The summed E-state index contributed by atoms with van der Waals surface area (Å²) in [7, 11) is 1.35. The highest BCUT2D eigenvalue weighted by Crippen LogP contribution is 2.36. The van der Waals surface area contributed by atoms with Gasteiger partial charge in [-0.2, -0.15) is 0 Å². The van der Waals surface area contributed by atoms with Crippen molar-refractivity contribution in [1.29, 1.82) is 0 Å². The number of aromatic hydroxyl groups is 2. The lowest BCUT2D eigenvalue weighted by molar-refractivity contribution is -0.344. The molecule has 0 saturated carbocycles. The number of rotatable bonds is 7. The Morgan fingerprint density at radius 2 is 1.67 bits per heavy atom. The predicted molar refractivity (Wildman–Crippen MR) is 139 cm³/mol. The number of methoxy groups -OCH3 is 1. The zero-order chi connectivity index (χ0) is 30.3. The lowest BCUT2D eigenvalue weighted by Gasteiger charge is -2.44. The van der Waals surface area contributed by atoms with Gasteiger partial charge in [-0.25, -0.2) is 0 Å². The summed E-state index contributed by atoms with van der Waals surface area (Å²) in [5.41, 5.74) is -0.337. The fourth-order valence-electron chi connectivity index (χ4n) is 4.77. The van der Waals surface area contributed by atoms with E-state index < -0.39 is 79.7 Å². The minimum atomic E-state index is -1.76. The van der Waals surface area contributed by atoms with Crippen molar-refractivity contribution < 1.29 is 69.0 Å². The summed E-state index contributed by atoms with van der Waals surface area (Å²) >= 11 is 0. The zero-order valence-corrected chi connectivity index (χ0v) is 22.0. The van der Waals surface area contributed by atoms with Gasteiger partial charge in [-0.3, -0.25) is 4.79 Å². The van der Waals surface area contributed by atoms with Gasteiger partial charge in [-0.1, -0.05) is 0 Å². The van der Waals surface area contributed by atoms with Crippen LogP contribution in [0.15, 0.2) is 45.6 Å². The van der Waals surface area contributed by atoms with E-state index in [1.54, 1.807) is 0 Å². The van der Waals surface area contributed by atoms with Crippen LogP contribution in [0.4, 0.5) is 0 Å². The molecule has 15 nitrogen and oxygen atoms in total. The van der Waals surface area contributed by atoms with Gasteiger partial charge < -0.3 is 69.0 Å². The Hall–Kier alpha value is -3.51. The Kier molecular flexibility index (Phi) is 8.56. The molecule has 8 N–H and O–H groups in total. The average molecular weight is 595 g/mol. The summed E-state index contributed by atoms with van der Waals surface area (Å²) in [5, 5.41) is 81.2. The summed E-state index contributed by atoms with van der Waals surface area (Å²) < 4.78 is 33.2. The van der Waals surface area contributed by atoms with Crippen molar-refractivity contribution in [3.63, 3.8) is 0 Å². The minimum absolute atomic E-state index is 0.0699. The normalized spacial score (nSPS) is 31.6. The van der Waals surface area contributed by atoms with Crippen molar-refractivity contribution in [3.05, 3.63) is 46.6 Å². The van der Waals surface area contributed by atoms with Crippen molar-refractivity contribution in [2.75, 3.05) is 20.3 Å². The number of phenolic OH excluding ortho intramolecular Hbond substituents is 2. The fourth-order valence-corrected chi connectivity index (χ4v) is 4.77. The molecule has 2 aliphatic rings. The second kappa shape index (κ2) is 12.0. The van der Waals surface area contributed by atoms with Crippen LogP contribution in [0.1, 0.15) is 0 Å². The molecule has 5 rings (SSSR count). The molecule has 3 unspecified atom stereocenters. The molecule has 1 aromatic heterocycles. The van der Waals surface area contributed by atoms with Crippen LogP contribution in [-0.4, -0.2) is 116 Å². The van der Waals surface area contributed by atoms with Crippen LogP contribution in [0.5, 0.6) is 23.0 Å². The Morgan fingerprint density at radius 1 is 0.905 bits per heavy atom. The van der Waals surface area contributed by atoms with E-state index in [2.05, 4.69) is 0 Å². The van der Waals surface area contributed by atoms with Crippen LogP contribution in [0, 0.1) is 0 Å². The number of aliphatic hydroxyl groups is 6. The van der Waals surface area contributed by atoms with E-state index in [4.69, 9.17) is 28.1 Å². The monoisotopic (exact) mass is 594 g/mol. The molecule has 2 fully saturated rings. The SMILES string of the molecule is COc1cc(-c2cc(=O)c3c(O)cc(O[C@@H]4OC(CO)[C@H](O)[C@H](O)C4O[C@@H]4OC[C@H](O)[C@H](O)C4O)cc3o2)ccc1O. The number of hydrogen-bond acceptors (Lipinski definition) is 15. The second-order valence-electron chi connectivity index (χ2n) is 9.85. The summed E-state index contributed by atoms with van der Waals surface area (Å²) in [4.78, 5) is 12.9. The number of phenols is 2. The van der Waals surface area contributed by atoms with E-state index >= 15 is 0 Å². The number of aliphatic hydroxyl groups excluding tert-OH is 6. The van der Waals surface area contributed by atoms with Crippen LogP contribution in [0.3, 0.4) is 0 Å². The molecular weight excluding hydrogens is 564 g/mol. The predicted octanol–water partition coefficient (Wildman–Crippen LogP) is -1.48. The average Bonchev–Trinajstić information content (AvgIpc) is 2.96. The van der Waals surface area contributed by atoms with Crippen molar-refractivity contribution in [3.8, 4) is 34.3 Å². The van der Waals surface area contributed by atoms with Gasteiger partial charge in [-0.15, -0.1) is 0 Å². The van der Waals surface area contributed by atoms with E-state index in [1.807, 2.05) is 0 Å². The van der Waals surface area contributed by atoms with Crippen LogP contribution in [0.2, 0.25) is 0 Å². The summed E-state index contributed by atoms with van der Waals surface area (Å²) in [6.07, 6.45) is -14.3. The molecule has 0 amide bonds. The quantitative estimate of drug-likeness (QED) is 0.156. The Bertz CT molecular complexity index is 1470.